The van der Waals surface area contributed by atoms with Crippen molar-refractivity contribution < 1.29 is 91.9 Å². The molecule has 0 spiro atoms. The first-order valence-corrected chi connectivity index (χ1v) is 37.7. The molecular formula is C76H103FN20O18. The van der Waals surface area contributed by atoms with Gasteiger partial charge in [-0.1, -0.05) is 95.1 Å². The van der Waals surface area contributed by atoms with Crippen LogP contribution in [0.2, 0.25) is 0 Å². The zero-order valence-electron chi connectivity index (χ0n) is 64.9. The molecule has 115 heavy (non-hydrogen) atoms. The highest BCUT2D eigenvalue weighted by atomic mass is 19.1. The van der Waals surface area contributed by atoms with Gasteiger partial charge in [-0.05, 0) is 143 Å². The molecule has 2 heterocycles. The van der Waals surface area contributed by atoms with E-state index in [1.165, 1.54) is 18.2 Å². The molecule has 0 saturated carbocycles. The highest BCUT2D eigenvalue weighted by molar-refractivity contribution is 6.00. The number of aliphatic hydroxyl groups excluding tert-OH is 3. The molecule has 622 valence electrons. The Bertz CT molecular complexity index is 4220. The van der Waals surface area contributed by atoms with Gasteiger partial charge in [-0.2, -0.15) is 5.21 Å². The molecule has 38 nitrogen and oxygen atoms in total. The van der Waals surface area contributed by atoms with E-state index >= 15 is 4.39 Å². The largest absolute Gasteiger partial charge is 0.494 e. The van der Waals surface area contributed by atoms with Gasteiger partial charge in [-0.3, -0.25) is 57.5 Å². The Morgan fingerprint density at radius 2 is 1.37 bits per heavy atom. The second kappa shape index (κ2) is 46.1. The third-order valence-electron chi connectivity index (χ3n) is 18.6. The summed E-state index contributed by atoms with van der Waals surface area (Å²) in [4.78, 5) is 181. The first-order chi connectivity index (χ1) is 54.8. The van der Waals surface area contributed by atoms with Crippen molar-refractivity contribution in [3.63, 3.8) is 0 Å². The number of rotatable bonds is 48. The van der Waals surface area contributed by atoms with E-state index in [2.05, 4.69) is 89.1 Å². The number of urea groups is 1. The second-order valence-corrected chi connectivity index (χ2v) is 28.1. The molecule has 1 saturated heterocycles. The van der Waals surface area contributed by atoms with Crippen LogP contribution in [0, 0.1) is 19.7 Å². The maximum absolute atomic E-state index is 15.5. The number of ether oxygens (including phenoxy) is 1. The number of aromatic nitrogens is 4. The highest BCUT2D eigenvalue weighted by Gasteiger charge is 2.43. The van der Waals surface area contributed by atoms with Crippen molar-refractivity contribution in [3.05, 3.63) is 140 Å². The molecule has 39 heteroatoms. The van der Waals surface area contributed by atoms with Gasteiger partial charge in [0, 0.05) is 69.7 Å². The first-order valence-electron chi connectivity index (χ1n) is 37.7. The number of aryl methyl sites for hydroxylation is 4. The van der Waals surface area contributed by atoms with Gasteiger partial charge in [-0.15, -0.1) is 10.2 Å². The van der Waals surface area contributed by atoms with E-state index in [1.807, 2.05) is 57.2 Å². The third kappa shape index (κ3) is 30.3. The topological polar surface area (TPSA) is 577 Å². The van der Waals surface area contributed by atoms with Gasteiger partial charge in [0.15, 0.2) is 5.82 Å². The lowest BCUT2D eigenvalue weighted by atomic mass is 9.90. The first kappa shape index (κ1) is 91.7. The Labute approximate surface area is 662 Å². The summed E-state index contributed by atoms with van der Waals surface area (Å²) in [5, 5.41) is 85.8. The number of aliphatic hydroxyl groups is 3. The summed E-state index contributed by atoms with van der Waals surface area (Å²) in [5.41, 5.74) is 17.8. The number of hydrogen-bond acceptors (Lipinski definition) is 21. The van der Waals surface area contributed by atoms with Crippen molar-refractivity contribution >= 4 is 77.0 Å². The molecule has 5 aromatic rings. The van der Waals surface area contributed by atoms with Gasteiger partial charge in [0.1, 0.15) is 59.4 Å². The van der Waals surface area contributed by atoms with E-state index < -0.39 is 163 Å². The highest BCUT2D eigenvalue weighted by Crippen LogP contribution is 2.29. The van der Waals surface area contributed by atoms with Crippen LogP contribution >= 0.6 is 0 Å². The molecule has 0 bridgehead atoms. The van der Waals surface area contributed by atoms with Gasteiger partial charge in [0.25, 0.3) is 0 Å². The Kier molecular flexibility index (Phi) is 36.7. The van der Waals surface area contributed by atoms with Crippen LogP contribution in [0.25, 0.3) is 21.6 Å². The smallest absolute Gasteiger partial charge is 0.314 e. The quantitative estimate of drug-likeness (QED) is 0.0101. The molecule has 4 aromatic carbocycles. The molecule has 1 aliphatic rings. The van der Waals surface area contributed by atoms with Crippen molar-refractivity contribution in [2.24, 2.45) is 10.8 Å². The number of likely N-dealkylation sites (tertiary alicyclic amines) is 1. The van der Waals surface area contributed by atoms with E-state index in [0.29, 0.717) is 82.5 Å². The molecule has 1 fully saturated rings. The van der Waals surface area contributed by atoms with Gasteiger partial charge < -0.3 is 94.3 Å². The molecule has 2 unspecified atom stereocenters. The zero-order valence-corrected chi connectivity index (χ0v) is 64.9. The predicted molar refractivity (Wildman–Crippen MR) is 412 cm³/mol. The van der Waals surface area contributed by atoms with E-state index in [0.717, 1.165) is 66.6 Å². The summed E-state index contributed by atoms with van der Waals surface area (Å²) in [5.74, 6) is -13.3. The number of aliphatic carboxylic acids is 1. The summed E-state index contributed by atoms with van der Waals surface area (Å²) in [6, 6.07) is 10.3. The van der Waals surface area contributed by atoms with Crippen LogP contribution in [0.1, 0.15) is 125 Å². The number of benzene rings is 4. The molecular weight excluding hydrogens is 1500 g/mol. The van der Waals surface area contributed by atoms with Crippen molar-refractivity contribution in [2.75, 3.05) is 52.5 Å². The molecule has 0 aliphatic carbocycles. The number of carbonyl (C=O) groups is 13. The summed E-state index contributed by atoms with van der Waals surface area (Å²) in [6.45, 7) is 8.74. The molecule has 18 N–H and O–H groups in total. The standard InChI is InChI=1S/C76H103FN20O18/c1-7-49-37-52(115-32-11-10-28-83-94-79)24-25-53(49)50-22-20-47(21-23-50)36-56(69(108)85-55(67(78)106)18-12-15-48-34-43(2)33-44(3)35-48)86-70(109)58(39-64(104)105)87-71(110)59(42-98)88-72(111)65(45(4)99)90-74(113)76(6,40-51-16-8-9-17-54(51)77)91-73(112)66(46(5)100)89-62(102)41-82-68(107)57(38-60-92-95-96-93-60)84-61(101)26-29-81-75(114)80-27-14-31-97-30-13-19-63(97)103/h8-9,16-17,20-25,33-35,37,45-46,55-59,65-66,98-100H,7,10-15,18-19,26-32,36,38-42H2,1-6H3,(H2,78,106)(H,82,107)(H,84,101)(H,85,108)(H,86,109)(H,87,110)(H,88,111)(H,89,102)(H,90,113)(H,91,112)(H,104,105)(H2,80,81,114)(H,92,93,95,96)/t45?,46?,55-,56-,57-,58-,59-,65-,66-,76-/m0/s1. The maximum atomic E-state index is 15.5. The number of aromatic amines is 1. The number of H-pyrrole nitrogens is 1. The fraction of sp³-hybridized carbons (Fsp3) is 0.500. The van der Waals surface area contributed by atoms with Crippen LogP contribution < -0.4 is 69.0 Å². The van der Waals surface area contributed by atoms with E-state index in [1.54, 1.807) is 29.2 Å². The van der Waals surface area contributed by atoms with Gasteiger partial charge in [0.05, 0.1) is 38.4 Å². The molecule has 13 amide bonds. The van der Waals surface area contributed by atoms with Crippen LogP contribution in [0.15, 0.2) is 90.0 Å². The van der Waals surface area contributed by atoms with Crippen molar-refractivity contribution in [3.8, 4) is 16.9 Å². The van der Waals surface area contributed by atoms with Crippen molar-refractivity contribution in [2.45, 2.75) is 191 Å². The van der Waals surface area contributed by atoms with Crippen molar-refractivity contribution in [1.29, 1.82) is 0 Å². The Morgan fingerprint density at radius 3 is 2.00 bits per heavy atom. The number of halogens is 1. The normalized spacial score (nSPS) is 14.6. The molecule has 10 atom stereocenters. The average Bonchev–Trinajstić information content (AvgIpc) is 1.25. The third-order valence-corrected chi connectivity index (χ3v) is 18.6. The SMILES string of the molecule is CCc1cc(OCCCCN=[N+]=[N-])ccc1-c1ccc(C[C@H](NC(=O)[C@H](CC(=O)O)NC(=O)[C@H](CO)NC(=O)[C@@H](NC(=O)[C@](C)(Cc2ccccc2F)NC(=O)[C@@H](NC(=O)CNC(=O)[C@H](Cc2nn[nH]n2)NC(=O)CCNC(=O)NCCCN2CCCC2=O)C(C)O)C(C)O)C(=O)N[C@@H](CCCc2cc(C)cc(C)c2)C(N)=O)cc1. The van der Waals surface area contributed by atoms with E-state index in [-0.39, 0.29) is 56.1 Å². The molecule has 1 aromatic heterocycles. The van der Waals surface area contributed by atoms with Crippen LogP contribution in [-0.2, 0) is 89.6 Å². The monoisotopic (exact) mass is 1600 g/mol. The van der Waals surface area contributed by atoms with Gasteiger partial charge in [0.2, 0.25) is 65.0 Å². The zero-order chi connectivity index (χ0) is 84.3. The lowest BCUT2D eigenvalue weighted by Crippen LogP contribution is -2.67. The number of primary amides is 1. The predicted octanol–water partition coefficient (Wildman–Crippen LogP) is -0.494. The lowest BCUT2D eigenvalue weighted by Gasteiger charge is -2.34. The fourth-order valence-electron chi connectivity index (χ4n) is 12.6. The Balaban J connectivity index is 1.14. The van der Waals surface area contributed by atoms with Gasteiger partial charge in [-0.25, -0.2) is 9.18 Å². The number of azide groups is 1. The minimum atomic E-state index is -2.40. The number of nitrogens with two attached hydrogens (primary N) is 1. The van der Waals surface area contributed by atoms with Crippen LogP contribution in [-0.4, -0.2) is 235 Å². The molecule has 6 rings (SSSR count). The molecule has 0 radical (unpaired) electrons. The minimum absolute atomic E-state index is 0.0388. The maximum Gasteiger partial charge on any atom is 0.314 e. The fourth-order valence-corrected chi connectivity index (χ4v) is 12.6. The molecule has 1 aliphatic heterocycles. The summed E-state index contributed by atoms with van der Waals surface area (Å²) < 4.78 is 21.5. The van der Waals surface area contributed by atoms with Crippen molar-refractivity contribution in [1.82, 2.24) is 84.0 Å². The van der Waals surface area contributed by atoms with Crippen LogP contribution in [0.4, 0.5) is 9.18 Å². The minimum Gasteiger partial charge on any atom is -0.494 e. The summed E-state index contributed by atoms with van der Waals surface area (Å²) >= 11 is 0. The average molecular weight is 1600 g/mol. The number of tetrazole rings is 1. The Hall–Kier alpha value is -12.2. The van der Waals surface area contributed by atoms with Gasteiger partial charge >= 0.3 is 12.0 Å². The number of nitrogens with one attached hydrogen (secondary N) is 12. The van der Waals surface area contributed by atoms with Crippen LogP contribution in [0.5, 0.6) is 5.75 Å². The Morgan fingerprint density at radius 1 is 0.713 bits per heavy atom. The number of carbonyl (C=O) groups excluding carboxylic acids is 12. The number of hydrogen-bond donors (Lipinski definition) is 17. The lowest BCUT2D eigenvalue weighted by molar-refractivity contribution is -0.142. The summed E-state index contributed by atoms with van der Waals surface area (Å²) in [7, 11) is 0. The number of carboxylic acids is 1. The van der Waals surface area contributed by atoms with E-state index in [9.17, 15) is 82.8 Å². The number of carboxylic acid groups (broad SMARTS) is 1. The summed E-state index contributed by atoms with van der Waals surface area (Å²) in [6.07, 6.45) is -1.91. The van der Waals surface area contributed by atoms with Crippen LogP contribution in [0.3, 0.4) is 0 Å². The number of amides is 13. The number of unbranched alkanes of at least 4 members (excludes halogenated alkanes) is 1. The van der Waals surface area contributed by atoms with E-state index in [4.69, 9.17) is 16.0 Å². The number of nitrogens with zero attached hydrogens (tertiary/aromatic N) is 7. The second-order valence-electron chi connectivity index (χ2n) is 28.1.